The number of fused-ring (bicyclic) bond motifs is 8. The fourth-order valence-electron chi connectivity index (χ4n) is 6.64. The number of nitrogens with one attached hydrogen (secondary N) is 1. The summed E-state index contributed by atoms with van der Waals surface area (Å²) >= 11 is 5.90. The van der Waals surface area contributed by atoms with Gasteiger partial charge in [-0.05, 0) is 54.2 Å². The highest BCUT2D eigenvalue weighted by atomic mass is 35.5. The number of oxime groups is 1. The number of ether oxygens (including phenoxy) is 2. The number of benzene rings is 2. The smallest absolute Gasteiger partial charge is 0.289 e. The second-order valence-corrected chi connectivity index (χ2v) is 10.6. The summed E-state index contributed by atoms with van der Waals surface area (Å²) in [6.07, 6.45) is 2.27. The Bertz CT molecular complexity index is 1390. The lowest BCUT2D eigenvalue weighted by molar-refractivity contribution is -0.141. The molecule has 2 aromatic carbocycles. The van der Waals surface area contributed by atoms with Crippen molar-refractivity contribution in [1.82, 2.24) is 10.3 Å². The van der Waals surface area contributed by atoms with Crippen molar-refractivity contribution < 1.29 is 28.7 Å². The Morgan fingerprint density at radius 2 is 1.79 bits per heavy atom. The average molecular weight is 551 g/mol. The minimum atomic E-state index is -0.473. The molecule has 0 spiro atoms. The van der Waals surface area contributed by atoms with Gasteiger partial charge in [-0.25, -0.2) is 5.43 Å². The van der Waals surface area contributed by atoms with Crippen LogP contribution in [0.2, 0.25) is 5.02 Å². The highest BCUT2D eigenvalue weighted by Gasteiger charge is 2.70. The van der Waals surface area contributed by atoms with Gasteiger partial charge in [0.2, 0.25) is 11.8 Å². The summed E-state index contributed by atoms with van der Waals surface area (Å²) in [6, 6.07) is 12.6. The summed E-state index contributed by atoms with van der Waals surface area (Å²) in [7, 11) is 3.13. The van der Waals surface area contributed by atoms with Crippen LogP contribution < -0.4 is 14.9 Å². The lowest BCUT2D eigenvalue weighted by Crippen LogP contribution is -2.44. The number of carbonyl (C=O) groups excluding carboxylic acids is 3. The molecule has 0 aromatic heterocycles. The highest BCUT2D eigenvalue weighted by Crippen LogP contribution is 2.61. The number of imide groups is 1. The molecule has 6 rings (SSSR count). The molecule has 2 bridgehead atoms. The summed E-state index contributed by atoms with van der Waals surface area (Å²) in [5, 5.41) is 8.69. The van der Waals surface area contributed by atoms with Crippen LogP contribution in [0.1, 0.15) is 17.5 Å². The van der Waals surface area contributed by atoms with E-state index in [1.807, 2.05) is 12.1 Å². The molecule has 2 aliphatic heterocycles. The lowest BCUT2D eigenvalue weighted by atomic mass is 9.72. The molecule has 2 aliphatic carbocycles. The fourth-order valence-corrected chi connectivity index (χ4v) is 6.77. The number of hydrogen-bond acceptors (Lipinski definition) is 8. The molecule has 0 radical (unpaired) electrons. The fraction of sp³-hybridized carbons (Fsp3) is 0.393. The number of halogens is 1. The van der Waals surface area contributed by atoms with Crippen LogP contribution in [0.4, 0.5) is 0 Å². The van der Waals surface area contributed by atoms with Gasteiger partial charge in [-0.15, -0.1) is 0 Å². The van der Waals surface area contributed by atoms with Crippen molar-refractivity contribution in [1.29, 1.82) is 0 Å². The third-order valence-electron chi connectivity index (χ3n) is 8.34. The van der Waals surface area contributed by atoms with Gasteiger partial charge in [0.05, 0.1) is 38.2 Å². The SMILES string of the molecule is COc1ccc(CCN2C(=O)[C@@H]3[C@H]4C[C@@H]([C@@H]5C(C(=O)N/N=C/c6ccc(Cl)cc6)=NO[C@@H]45)[C@@H]3C2=O)cc1OC. The first-order chi connectivity index (χ1) is 18.9. The first-order valence-electron chi connectivity index (χ1n) is 12.8. The molecule has 2 heterocycles. The number of carbonyl (C=O) groups is 3. The number of amides is 3. The number of methoxy groups -OCH3 is 2. The van der Waals surface area contributed by atoms with Gasteiger partial charge in [-0.1, -0.05) is 35.0 Å². The van der Waals surface area contributed by atoms with Crippen molar-refractivity contribution in [2.75, 3.05) is 20.8 Å². The molecule has 3 fully saturated rings. The average Bonchev–Trinajstić information content (AvgIpc) is 3.69. The summed E-state index contributed by atoms with van der Waals surface area (Å²) in [4.78, 5) is 46.9. The van der Waals surface area contributed by atoms with Crippen LogP contribution >= 0.6 is 11.6 Å². The topological polar surface area (TPSA) is 119 Å². The van der Waals surface area contributed by atoms with Crippen LogP contribution in [0.15, 0.2) is 52.7 Å². The predicted octanol–water partition coefficient (Wildman–Crippen LogP) is 2.67. The van der Waals surface area contributed by atoms with E-state index in [-0.39, 0.29) is 47.9 Å². The number of likely N-dealkylation sites (tertiary alicyclic amines) is 1. The molecule has 6 atom stereocenters. The Labute approximate surface area is 229 Å². The normalized spacial score (nSPS) is 28.4. The maximum absolute atomic E-state index is 13.5. The van der Waals surface area contributed by atoms with Crippen molar-refractivity contribution in [2.45, 2.75) is 18.9 Å². The first kappa shape index (κ1) is 25.4. The summed E-state index contributed by atoms with van der Waals surface area (Å²) in [6.45, 7) is 0.274. The number of hydrazone groups is 1. The van der Waals surface area contributed by atoms with Crippen LogP contribution in [0.5, 0.6) is 11.5 Å². The monoisotopic (exact) mass is 550 g/mol. The van der Waals surface area contributed by atoms with E-state index >= 15 is 0 Å². The summed E-state index contributed by atoms with van der Waals surface area (Å²) < 4.78 is 10.7. The molecule has 2 saturated carbocycles. The molecule has 1 saturated heterocycles. The lowest BCUT2D eigenvalue weighted by Gasteiger charge is -2.29. The zero-order chi connectivity index (χ0) is 27.3. The van der Waals surface area contributed by atoms with Crippen LogP contribution in [-0.2, 0) is 25.6 Å². The summed E-state index contributed by atoms with van der Waals surface area (Å²) in [5.74, 6) is -1.18. The van der Waals surface area contributed by atoms with E-state index in [0.717, 1.165) is 11.1 Å². The van der Waals surface area contributed by atoms with Gasteiger partial charge < -0.3 is 14.3 Å². The van der Waals surface area contributed by atoms with Crippen LogP contribution in [0.25, 0.3) is 0 Å². The predicted molar refractivity (Wildman–Crippen MR) is 142 cm³/mol. The van der Waals surface area contributed by atoms with Crippen molar-refractivity contribution in [3.63, 3.8) is 0 Å². The first-order valence-corrected chi connectivity index (χ1v) is 13.2. The molecular weight excluding hydrogens is 524 g/mol. The molecule has 0 unspecified atom stereocenters. The van der Waals surface area contributed by atoms with Crippen molar-refractivity contribution in [3.05, 3.63) is 58.6 Å². The Morgan fingerprint density at radius 1 is 1.08 bits per heavy atom. The van der Waals surface area contributed by atoms with E-state index < -0.39 is 17.7 Å². The molecule has 4 aliphatic rings. The van der Waals surface area contributed by atoms with E-state index in [1.165, 1.54) is 11.1 Å². The van der Waals surface area contributed by atoms with Crippen molar-refractivity contribution in [2.24, 2.45) is 39.8 Å². The van der Waals surface area contributed by atoms with Gasteiger partial charge in [-0.3, -0.25) is 19.3 Å². The third-order valence-corrected chi connectivity index (χ3v) is 8.59. The maximum Gasteiger partial charge on any atom is 0.289 e. The second-order valence-electron chi connectivity index (χ2n) is 10.2. The van der Waals surface area contributed by atoms with E-state index in [1.54, 1.807) is 44.6 Å². The molecule has 39 heavy (non-hydrogen) atoms. The van der Waals surface area contributed by atoms with Gasteiger partial charge >= 0.3 is 0 Å². The minimum Gasteiger partial charge on any atom is -0.493 e. The maximum atomic E-state index is 13.5. The quantitative estimate of drug-likeness (QED) is 0.307. The van der Waals surface area contributed by atoms with Crippen LogP contribution in [0, 0.1) is 29.6 Å². The van der Waals surface area contributed by atoms with Gasteiger partial charge in [0, 0.05) is 17.5 Å². The minimum absolute atomic E-state index is 0.154. The van der Waals surface area contributed by atoms with Crippen molar-refractivity contribution >= 4 is 41.2 Å². The molecule has 202 valence electrons. The van der Waals surface area contributed by atoms with E-state index in [4.69, 9.17) is 25.9 Å². The Kier molecular flexibility index (Phi) is 6.50. The van der Waals surface area contributed by atoms with Crippen LogP contribution in [-0.4, -0.2) is 61.4 Å². The molecule has 2 aromatic rings. The Hall–Kier alpha value is -3.92. The Morgan fingerprint density at radius 3 is 2.51 bits per heavy atom. The Balaban J connectivity index is 1.12. The zero-order valence-electron chi connectivity index (χ0n) is 21.4. The largest absolute Gasteiger partial charge is 0.493 e. The third kappa shape index (κ3) is 4.23. The standard InChI is InChI=1S/C28H27ClN4O6/c1-37-19-8-5-14(11-20(19)38-2)9-10-33-27(35)21-17-12-18(22(21)28(33)36)25-23(17)24(32-39-25)26(34)31-30-13-15-3-6-16(29)7-4-15/h3-8,11,13,17-18,21-23,25H,9-10,12H2,1-2H3,(H,31,34)/b30-13+/t17-,18-,21+,22-,23-,25+/m1/s1. The van der Waals surface area contributed by atoms with Gasteiger partial charge in [0.1, 0.15) is 6.10 Å². The van der Waals surface area contributed by atoms with E-state index in [0.29, 0.717) is 29.4 Å². The number of nitrogens with zero attached hydrogens (tertiary/aromatic N) is 3. The number of hydrogen-bond donors (Lipinski definition) is 1. The molecule has 1 N–H and O–H groups in total. The molecule has 3 amide bonds. The second kappa shape index (κ2) is 10.00. The van der Waals surface area contributed by atoms with Crippen LogP contribution in [0.3, 0.4) is 0 Å². The van der Waals surface area contributed by atoms with Gasteiger partial charge in [0.25, 0.3) is 5.91 Å². The molecule has 11 heteroatoms. The molecular formula is C28H27ClN4O6. The van der Waals surface area contributed by atoms with Gasteiger partial charge in [-0.2, -0.15) is 5.10 Å². The van der Waals surface area contributed by atoms with E-state index in [9.17, 15) is 14.4 Å². The van der Waals surface area contributed by atoms with E-state index in [2.05, 4.69) is 15.7 Å². The van der Waals surface area contributed by atoms with Crippen molar-refractivity contribution in [3.8, 4) is 11.5 Å². The summed E-state index contributed by atoms with van der Waals surface area (Å²) in [5.41, 5.74) is 4.44. The highest BCUT2D eigenvalue weighted by molar-refractivity contribution is 6.40. The van der Waals surface area contributed by atoms with Gasteiger partial charge in [0.15, 0.2) is 17.2 Å². The molecule has 10 nitrogen and oxygen atoms in total. The zero-order valence-corrected chi connectivity index (χ0v) is 22.1. The number of rotatable bonds is 8.